The molecule has 0 aliphatic heterocycles. The second-order valence-corrected chi connectivity index (χ2v) is 6.72. The third-order valence-electron chi connectivity index (χ3n) is 4.69. The number of unbranched alkanes of at least 4 members (excludes halogenated alkanes) is 1. The van der Waals surface area contributed by atoms with Crippen molar-refractivity contribution >= 4 is 5.96 Å². The normalized spacial score (nSPS) is 16.6. The van der Waals surface area contributed by atoms with E-state index in [2.05, 4.69) is 29.5 Å². The molecule has 0 amide bonds. The van der Waals surface area contributed by atoms with Crippen LogP contribution < -0.4 is 10.6 Å². The molecule has 0 aromatic carbocycles. The van der Waals surface area contributed by atoms with Gasteiger partial charge in [-0.1, -0.05) is 19.3 Å². The van der Waals surface area contributed by atoms with Gasteiger partial charge in [0.15, 0.2) is 5.96 Å². The summed E-state index contributed by atoms with van der Waals surface area (Å²) < 4.78 is 5.36. The van der Waals surface area contributed by atoms with Crippen LogP contribution in [0.5, 0.6) is 0 Å². The average Bonchev–Trinajstić information content (AvgIpc) is 2.62. The Morgan fingerprint density at radius 2 is 1.88 bits per heavy atom. The second kappa shape index (κ2) is 14.5. The van der Waals surface area contributed by atoms with Crippen molar-refractivity contribution in [2.24, 2.45) is 4.99 Å². The van der Waals surface area contributed by atoms with Crippen molar-refractivity contribution in [1.29, 1.82) is 0 Å². The van der Waals surface area contributed by atoms with E-state index in [0.29, 0.717) is 0 Å². The summed E-state index contributed by atoms with van der Waals surface area (Å²) in [5, 5.41) is 6.75. The molecule has 24 heavy (non-hydrogen) atoms. The highest BCUT2D eigenvalue weighted by molar-refractivity contribution is 5.79. The van der Waals surface area contributed by atoms with Crippen LogP contribution in [-0.4, -0.2) is 63.3 Å². The zero-order chi connectivity index (χ0) is 17.5. The molecular formula is C19H40N4O. The average molecular weight is 341 g/mol. The number of guanidine groups is 1. The fraction of sp³-hybridized carbons (Fsp3) is 0.947. The van der Waals surface area contributed by atoms with Crippen molar-refractivity contribution in [1.82, 2.24) is 15.5 Å². The van der Waals surface area contributed by atoms with Crippen molar-refractivity contribution in [2.75, 3.05) is 46.4 Å². The second-order valence-electron chi connectivity index (χ2n) is 6.72. The molecule has 1 aliphatic rings. The molecule has 0 aromatic heterocycles. The number of rotatable bonds is 12. The molecule has 142 valence electrons. The number of hydrogen-bond acceptors (Lipinski definition) is 3. The standard InChI is InChI=1S/C19H40N4O/c1-4-20-19(21-14-9-10-17-24-5-2)22-15-11-16-23(3)18-12-7-6-8-13-18/h18H,4-17H2,1-3H3,(H2,20,21,22). The van der Waals surface area contributed by atoms with Gasteiger partial charge in [-0.05, 0) is 59.5 Å². The van der Waals surface area contributed by atoms with E-state index in [4.69, 9.17) is 9.73 Å². The van der Waals surface area contributed by atoms with Crippen molar-refractivity contribution in [2.45, 2.75) is 71.3 Å². The van der Waals surface area contributed by atoms with Gasteiger partial charge in [0.25, 0.3) is 0 Å². The summed E-state index contributed by atoms with van der Waals surface area (Å²) >= 11 is 0. The summed E-state index contributed by atoms with van der Waals surface area (Å²) in [4.78, 5) is 7.25. The molecule has 0 heterocycles. The third kappa shape index (κ3) is 10.1. The summed E-state index contributed by atoms with van der Waals surface area (Å²) in [6.45, 7) is 9.75. The van der Waals surface area contributed by atoms with Crippen LogP contribution >= 0.6 is 0 Å². The first-order valence-electron chi connectivity index (χ1n) is 10.1. The Hall–Kier alpha value is -0.810. The maximum Gasteiger partial charge on any atom is 0.191 e. The number of nitrogens with zero attached hydrogens (tertiary/aromatic N) is 2. The summed E-state index contributed by atoms with van der Waals surface area (Å²) in [5.74, 6) is 0.953. The molecule has 0 spiro atoms. The number of ether oxygens (including phenoxy) is 1. The lowest BCUT2D eigenvalue weighted by atomic mass is 9.94. The van der Waals surface area contributed by atoms with Gasteiger partial charge < -0.3 is 20.3 Å². The van der Waals surface area contributed by atoms with E-state index in [-0.39, 0.29) is 0 Å². The van der Waals surface area contributed by atoms with E-state index in [1.165, 1.54) is 32.1 Å². The van der Waals surface area contributed by atoms with Crippen LogP contribution in [0.25, 0.3) is 0 Å². The minimum Gasteiger partial charge on any atom is -0.382 e. The predicted octanol–water partition coefficient (Wildman–Crippen LogP) is 3.01. The van der Waals surface area contributed by atoms with Crippen LogP contribution in [0.1, 0.15) is 65.2 Å². The van der Waals surface area contributed by atoms with Crippen LogP contribution in [0.15, 0.2) is 4.99 Å². The molecule has 5 nitrogen and oxygen atoms in total. The highest BCUT2D eigenvalue weighted by atomic mass is 16.5. The van der Waals surface area contributed by atoms with Crippen LogP contribution in [0.2, 0.25) is 0 Å². The summed E-state index contributed by atoms with van der Waals surface area (Å²) in [6.07, 6.45) is 10.4. The lowest BCUT2D eigenvalue weighted by Gasteiger charge is -2.31. The topological polar surface area (TPSA) is 48.9 Å². The summed E-state index contributed by atoms with van der Waals surface area (Å²) in [5.41, 5.74) is 0. The zero-order valence-corrected chi connectivity index (χ0v) is 16.3. The smallest absolute Gasteiger partial charge is 0.191 e. The fourth-order valence-electron chi connectivity index (χ4n) is 3.24. The number of aliphatic imine (C=N–C) groups is 1. The molecule has 0 saturated heterocycles. The fourth-order valence-corrected chi connectivity index (χ4v) is 3.24. The number of nitrogens with one attached hydrogen (secondary N) is 2. The Kier molecular flexibility index (Phi) is 12.9. The Balaban J connectivity index is 2.14. The quantitative estimate of drug-likeness (QED) is 0.326. The molecule has 1 rings (SSSR count). The van der Waals surface area contributed by atoms with Crippen molar-refractivity contribution in [3.63, 3.8) is 0 Å². The van der Waals surface area contributed by atoms with Gasteiger partial charge in [-0.15, -0.1) is 0 Å². The van der Waals surface area contributed by atoms with Crippen molar-refractivity contribution in [3.05, 3.63) is 0 Å². The molecule has 0 aromatic rings. The lowest BCUT2D eigenvalue weighted by molar-refractivity contribution is 0.143. The van der Waals surface area contributed by atoms with Gasteiger partial charge >= 0.3 is 0 Å². The monoisotopic (exact) mass is 340 g/mol. The van der Waals surface area contributed by atoms with Crippen LogP contribution in [0, 0.1) is 0 Å². The minimum absolute atomic E-state index is 0.805. The molecule has 0 bridgehead atoms. The van der Waals surface area contributed by atoms with Gasteiger partial charge in [-0.25, -0.2) is 0 Å². The van der Waals surface area contributed by atoms with Gasteiger partial charge in [0, 0.05) is 38.9 Å². The molecule has 1 fully saturated rings. The first-order valence-corrected chi connectivity index (χ1v) is 10.1. The van der Waals surface area contributed by atoms with Gasteiger partial charge in [-0.3, -0.25) is 4.99 Å². The Morgan fingerprint density at radius 1 is 1.08 bits per heavy atom. The van der Waals surface area contributed by atoms with Gasteiger partial charge in [0.05, 0.1) is 0 Å². The van der Waals surface area contributed by atoms with E-state index in [1.54, 1.807) is 0 Å². The maximum atomic E-state index is 5.36. The van der Waals surface area contributed by atoms with Crippen molar-refractivity contribution < 1.29 is 4.74 Å². The highest BCUT2D eigenvalue weighted by Gasteiger charge is 2.17. The molecule has 5 heteroatoms. The zero-order valence-electron chi connectivity index (χ0n) is 16.3. The van der Waals surface area contributed by atoms with E-state index in [0.717, 1.165) is 70.7 Å². The lowest BCUT2D eigenvalue weighted by Crippen LogP contribution is -2.38. The largest absolute Gasteiger partial charge is 0.382 e. The highest BCUT2D eigenvalue weighted by Crippen LogP contribution is 2.21. The SMILES string of the molecule is CCNC(=NCCCN(C)C1CCCCC1)NCCCCOCC. The first kappa shape index (κ1) is 21.2. The minimum atomic E-state index is 0.805. The Morgan fingerprint density at radius 3 is 2.58 bits per heavy atom. The van der Waals surface area contributed by atoms with E-state index in [1.807, 2.05) is 6.92 Å². The van der Waals surface area contributed by atoms with Gasteiger partial charge in [-0.2, -0.15) is 0 Å². The molecule has 0 radical (unpaired) electrons. The van der Waals surface area contributed by atoms with E-state index in [9.17, 15) is 0 Å². The predicted molar refractivity (Wildman–Crippen MR) is 104 cm³/mol. The summed E-state index contributed by atoms with van der Waals surface area (Å²) in [7, 11) is 2.28. The molecule has 0 atom stereocenters. The Bertz CT molecular complexity index is 316. The van der Waals surface area contributed by atoms with E-state index >= 15 is 0 Å². The first-order chi connectivity index (χ1) is 11.8. The van der Waals surface area contributed by atoms with Crippen molar-refractivity contribution in [3.8, 4) is 0 Å². The molecule has 0 unspecified atom stereocenters. The van der Waals surface area contributed by atoms with Crippen LogP contribution in [0.4, 0.5) is 0 Å². The summed E-state index contributed by atoms with van der Waals surface area (Å²) in [6, 6.07) is 0.805. The van der Waals surface area contributed by atoms with Gasteiger partial charge in [0.1, 0.15) is 0 Å². The van der Waals surface area contributed by atoms with Crippen LogP contribution in [-0.2, 0) is 4.74 Å². The third-order valence-corrected chi connectivity index (χ3v) is 4.69. The van der Waals surface area contributed by atoms with E-state index < -0.39 is 0 Å². The molecule has 2 N–H and O–H groups in total. The molecular weight excluding hydrogens is 300 g/mol. The number of hydrogen-bond donors (Lipinski definition) is 2. The Labute approximate surface area is 149 Å². The molecule has 1 aliphatic carbocycles. The molecule has 1 saturated carbocycles. The van der Waals surface area contributed by atoms with Gasteiger partial charge in [0.2, 0.25) is 0 Å². The maximum absolute atomic E-state index is 5.36. The van der Waals surface area contributed by atoms with Crippen LogP contribution in [0.3, 0.4) is 0 Å².